The Morgan fingerprint density at radius 3 is 2.40 bits per heavy atom. The standard InChI is InChI=1S/C16H16FIO2/c17-15-6-5-13(14(9-15)10-19)4-1-12-2-7-16(8-3-12)20-11-18/h2-3,5-9,19H,1,4,10-11H2. The summed E-state index contributed by atoms with van der Waals surface area (Å²) < 4.78 is 19.1. The van der Waals surface area contributed by atoms with Crippen LogP contribution in [0, 0.1) is 5.82 Å². The van der Waals surface area contributed by atoms with Crippen LogP contribution in [0.1, 0.15) is 16.7 Å². The van der Waals surface area contributed by atoms with Gasteiger partial charge >= 0.3 is 0 Å². The van der Waals surface area contributed by atoms with Crippen molar-refractivity contribution in [1.29, 1.82) is 0 Å². The van der Waals surface area contributed by atoms with E-state index in [1.165, 1.54) is 17.7 Å². The zero-order chi connectivity index (χ0) is 14.4. The van der Waals surface area contributed by atoms with Gasteiger partial charge in [0.15, 0.2) is 0 Å². The first-order valence-electron chi connectivity index (χ1n) is 6.39. The van der Waals surface area contributed by atoms with Crippen LogP contribution < -0.4 is 4.74 Å². The monoisotopic (exact) mass is 386 g/mol. The molecule has 0 saturated carbocycles. The molecule has 0 unspecified atom stereocenters. The van der Waals surface area contributed by atoms with Gasteiger partial charge in [0.1, 0.15) is 16.2 Å². The molecule has 0 fully saturated rings. The van der Waals surface area contributed by atoms with Gasteiger partial charge < -0.3 is 9.84 Å². The maximum Gasteiger partial charge on any atom is 0.139 e. The van der Waals surface area contributed by atoms with E-state index < -0.39 is 0 Å². The summed E-state index contributed by atoms with van der Waals surface area (Å²) in [6.45, 7) is -0.129. The lowest BCUT2D eigenvalue weighted by Gasteiger charge is -2.08. The van der Waals surface area contributed by atoms with E-state index in [-0.39, 0.29) is 12.4 Å². The van der Waals surface area contributed by atoms with E-state index in [0.29, 0.717) is 10.2 Å². The van der Waals surface area contributed by atoms with Gasteiger partial charge in [-0.2, -0.15) is 0 Å². The molecule has 2 rings (SSSR count). The number of hydrogen-bond acceptors (Lipinski definition) is 2. The zero-order valence-electron chi connectivity index (χ0n) is 11.0. The lowest BCUT2D eigenvalue weighted by molar-refractivity contribution is 0.280. The number of aliphatic hydroxyl groups excluding tert-OH is 1. The summed E-state index contributed by atoms with van der Waals surface area (Å²) >= 11 is 2.16. The molecule has 2 nitrogen and oxygen atoms in total. The molecule has 20 heavy (non-hydrogen) atoms. The molecule has 0 radical (unpaired) electrons. The highest BCUT2D eigenvalue weighted by atomic mass is 127. The first-order chi connectivity index (χ1) is 9.72. The molecule has 0 saturated heterocycles. The van der Waals surface area contributed by atoms with Gasteiger partial charge in [-0.1, -0.05) is 18.2 Å². The lowest BCUT2D eigenvalue weighted by Crippen LogP contribution is -1.98. The summed E-state index contributed by atoms with van der Waals surface area (Å²) in [6, 6.07) is 12.5. The molecule has 106 valence electrons. The predicted molar refractivity (Wildman–Crippen MR) is 85.7 cm³/mol. The molecule has 0 heterocycles. The number of ether oxygens (including phenoxy) is 1. The third-order valence-electron chi connectivity index (χ3n) is 3.17. The average molecular weight is 386 g/mol. The van der Waals surface area contributed by atoms with E-state index in [4.69, 9.17) is 4.74 Å². The number of aryl methyl sites for hydroxylation is 2. The summed E-state index contributed by atoms with van der Waals surface area (Å²) in [5.41, 5.74) is 2.84. The second-order valence-corrected chi connectivity index (χ2v) is 5.09. The third kappa shape index (κ3) is 4.18. The van der Waals surface area contributed by atoms with Crippen molar-refractivity contribution in [3.63, 3.8) is 0 Å². The largest absolute Gasteiger partial charge is 0.483 e. The molecular formula is C16H16FIO2. The van der Waals surface area contributed by atoms with Crippen LogP contribution in [0.4, 0.5) is 4.39 Å². The van der Waals surface area contributed by atoms with Crippen molar-refractivity contribution in [3.05, 3.63) is 65.0 Å². The minimum atomic E-state index is -0.307. The second kappa shape index (κ2) is 7.59. The zero-order valence-corrected chi connectivity index (χ0v) is 13.1. The summed E-state index contributed by atoms with van der Waals surface area (Å²) in [5, 5.41) is 9.25. The highest BCUT2D eigenvalue weighted by molar-refractivity contribution is 14.1. The Labute approximate surface area is 131 Å². The van der Waals surface area contributed by atoms with Gasteiger partial charge in [-0.15, -0.1) is 0 Å². The van der Waals surface area contributed by atoms with Crippen LogP contribution in [0.15, 0.2) is 42.5 Å². The fraction of sp³-hybridized carbons (Fsp3) is 0.250. The Kier molecular flexibility index (Phi) is 5.79. The first kappa shape index (κ1) is 15.3. The van der Waals surface area contributed by atoms with E-state index in [0.717, 1.165) is 24.2 Å². The molecule has 0 aliphatic carbocycles. The number of halogens is 2. The molecule has 2 aromatic carbocycles. The van der Waals surface area contributed by atoms with Gasteiger partial charge in [0, 0.05) is 0 Å². The van der Waals surface area contributed by atoms with E-state index in [2.05, 4.69) is 22.6 Å². The van der Waals surface area contributed by atoms with Crippen molar-refractivity contribution < 1.29 is 14.2 Å². The fourth-order valence-corrected chi connectivity index (χ4v) is 2.44. The SMILES string of the molecule is OCc1cc(F)ccc1CCc1ccc(OCI)cc1. The normalized spacial score (nSPS) is 10.6. The van der Waals surface area contributed by atoms with Crippen LogP contribution in [0.2, 0.25) is 0 Å². The van der Waals surface area contributed by atoms with Gasteiger partial charge in [0.05, 0.1) is 6.61 Å². The molecule has 4 heteroatoms. The minimum Gasteiger partial charge on any atom is -0.483 e. The Morgan fingerprint density at radius 2 is 1.75 bits per heavy atom. The summed E-state index contributed by atoms with van der Waals surface area (Å²) in [4.78, 5) is 0. The van der Waals surface area contributed by atoms with Crippen molar-refractivity contribution in [2.75, 3.05) is 4.61 Å². The molecule has 0 amide bonds. The van der Waals surface area contributed by atoms with Crippen LogP contribution in [0.5, 0.6) is 5.75 Å². The van der Waals surface area contributed by atoms with Crippen molar-refractivity contribution in [1.82, 2.24) is 0 Å². The molecule has 0 aliphatic rings. The first-order valence-corrected chi connectivity index (χ1v) is 7.91. The molecule has 1 N–H and O–H groups in total. The highest BCUT2D eigenvalue weighted by Gasteiger charge is 2.04. The molecule has 0 spiro atoms. The average Bonchev–Trinajstić information content (AvgIpc) is 2.47. The Balaban J connectivity index is 2.01. The van der Waals surface area contributed by atoms with Crippen LogP contribution >= 0.6 is 22.6 Å². The molecule has 0 aliphatic heterocycles. The summed E-state index contributed by atoms with van der Waals surface area (Å²) in [7, 11) is 0. The Bertz CT molecular complexity index is 555. The number of rotatable bonds is 6. The van der Waals surface area contributed by atoms with E-state index in [1.807, 2.05) is 24.3 Å². The van der Waals surface area contributed by atoms with E-state index >= 15 is 0 Å². The maximum absolute atomic E-state index is 13.1. The second-order valence-electron chi connectivity index (χ2n) is 4.47. The van der Waals surface area contributed by atoms with Gasteiger partial charge in [0.25, 0.3) is 0 Å². The topological polar surface area (TPSA) is 29.5 Å². The Morgan fingerprint density at radius 1 is 1.00 bits per heavy atom. The van der Waals surface area contributed by atoms with Crippen LogP contribution in [0.3, 0.4) is 0 Å². The van der Waals surface area contributed by atoms with Gasteiger partial charge in [0.2, 0.25) is 0 Å². The quantitative estimate of drug-likeness (QED) is 0.603. The highest BCUT2D eigenvalue weighted by Crippen LogP contribution is 2.17. The molecule has 0 bridgehead atoms. The van der Waals surface area contributed by atoms with Crippen molar-refractivity contribution in [2.24, 2.45) is 0 Å². The van der Waals surface area contributed by atoms with Crippen molar-refractivity contribution in [2.45, 2.75) is 19.4 Å². The third-order valence-corrected chi connectivity index (χ3v) is 3.48. The van der Waals surface area contributed by atoms with E-state index in [1.54, 1.807) is 6.07 Å². The van der Waals surface area contributed by atoms with Crippen molar-refractivity contribution in [3.8, 4) is 5.75 Å². The van der Waals surface area contributed by atoms with Gasteiger partial charge in [-0.05, 0) is 76.4 Å². The minimum absolute atomic E-state index is 0.129. The van der Waals surface area contributed by atoms with Crippen molar-refractivity contribution >= 4 is 22.6 Å². The molecule has 0 aromatic heterocycles. The van der Waals surface area contributed by atoms with Gasteiger partial charge in [-0.3, -0.25) is 0 Å². The summed E-state index contributed by atoms with van der Waals surface area (Å²) in [5.74, 6) is 0.555. The van der Waals surface area contributed by atoms with Crippen LogP contribution in [-0.4, -0.2) is 9.72 Å². The number of benzene rings is 2. The maximum atomic E-state index is 13.1. The van der Waals surface area contributed by atoms with Crippen LogP contribution in [-0.2, 0) is 19.4 Å². The van der Waals surface area contributed by atoms with Crippen LogP contribution in [0.25, 0.3) is 0 Å². The number of alkyl halides is 1. The lowest BCUT2D eigenvalue weighted by atomic mass is 10.00. The summed E-state index contributed by atoms with van der Waals surface area (Å²) in [6.07, 6.45) is 1.63. The molecule has 0 atom stereocenters. The number of aliphatic hydroxyl groups is 1. The smallest absolute Gasteiger partial charge is 0.139 e. The number of hydrogen-bond donors (Lipinski definition) is 1. The van der Waals surface area contributed by atoms with E-state index in [9.17, 15) is 9.50 Å². The Hall–Kier alpha value is -1.14. The molecular weight excluding hydrogens is 370 g/mol. The van der Waals surface area contributed by atoms with Gasteiger partial charge in [-0.25, -0.2) is 4.39 Å². The molecule has 2 aromatic rings. The fourth-order valence-electron chi connectivity index (χ4n) is 2.08. The predicted octanol–water partition coefficient (Wildman–Crippen LogP) is 3.87.